The Kier molecular flexibility index (Phi) is 3.36. The van der Waals surface area contributed by atoms with Crippen LogP contribution in [0.2, 0.25) is 0 Å². The van der Waals surface area contributed by atoms with E-state index < -0.39 is 0 Å². The largest absolute Gasteiger partial charge is 0.486 e. The van der Waals surface area contributed by atoms with Crippen molar-refractivity contribution in [2.45, 2.75) is 26.4 Å². The summed E-state index contributed by atoms with van der Waals surface area (Å²) >= 11 is 0. The molecule has 1 aromatic heterocycles. The summed E-state index contributed by atoms with van der Waals surface area (Å²) in [5.74, 6) is 1.57. The van der Waals surface area contributed by atoms with Crippen LogP contribution in [0.15, 0.2) is 24.3 Å². The van der Waals surface area contributed by atoms with E-state index in [0.29, 0.717) is 19.8 Å². The van der Waals surface area contributed by atoms with Gasteiger partial charge < -0.3 is 15.2 Å². The molecular weight excluding hydrogens is 254 g/mol. The van der Waals surface area contributed by atoms with Gasteiger partial charge in [0.25, 0.3) is 0 Å². The first-order chi connectivity index (χ1) is 9.63. The molecule has 5 nitrogen and oxygen atoms in total. The average Bonchev–Trinajstić information content (AvgIpc) is 2.76. The maximum Gasteiger partial charge on any atom is 0.161 e. The van der Waals surface area contributed by atoms with Gasteiger partial charge in [-0.1, -0.05) is 6.07 Å². The molecule has 1 aliphatic heterocycles. The number of nitrogens with two attached hydrogens (primary N) is 1. The van der Waals surface area contributed by atoms with Gasteiger partial charge in [0.05, 0.1) is 12.2 Å². The minimum atomic E-state index is -0.121. The van der Waals surface area contributed by atoms with Crippen LogP contribution in [0.3, 0.4) is 0 Å². The van der Waals surface area contributed by atoms with Gasteiger partial charge >= 0.3 is 0 Å². The molecule has 2 N–H and O–H groups in total. The van der Waals surface area contributed by atoms with Crippen LogP contribution in [-0.2, 0) is 6.54 Å². The van der Waals surface area contributed by atoms with E-state index >= 15 is 0 Å². The van der Waals surface area contributed by atoms with Crippen LogP contribution in [-0.4, -0.2) is 23.0 Å². The second-order valence-corrected chi connectivity index (χ2v) is 5.12. The summed E-state index contributed by atoms with van der Waals surface area (Å²) in [6.45, 7) is 5.86. The second kappa shape index (κ2) is 5.17. The predicted octanol–water partition coefficient (Wildman–Crippen LogP) is 1.97. The zero-order valence-corrected chi connectivity index (χ0v) is 11.8. The number of ether oxygens (including phenoxy) is 2. The lowest BCUT2D eigenvalue weighted by atomic mass is 10.1. The van der Waals surface area contributed by atoms with Gasteiger partial charge in [-0.25, -0.2) is 0 Å². The summed E-state index contributed by atoms with van der Waals surface area (Å²) in [4.78, 5) is 0. The zero-order chi connectivity index (χ0) is 14.1. The Balaban J connectivity index is 1.80. The lowest BCUT2D eigenvalue weighted by Gasteiger charge is -2.20. The molecular formula is C15H19N3O2. The second-order valence-electron chi connectivity index (χ2n) is 5.12. The Labute approximate surface area is 118 Å². The van der Waals surface area contributed by atoms with Crippen LogP contribution >= 0.6 is 0 Å². The van der Waals surface area contributed by atoms with Crippen molar-refractivity contribution < 1.29 is 9.47 Å². The smallest absolute Gasteiger partial charge is 0.161 e. The van der Waals surface area contributed by atoms with Crippen LogP contribution in [0, 0.1) is 13.8 Å². The summed E-state index contributed by atoms with van der Waals surface area (Å²) in [5.41, 5.74) is 9.44. The summed E-state index contributed by atoms with van der Waals surface area (Å²) in [5, 5.41) is 4.44. The third kappa shape index (κ3) is 2.49. The molecule has 1 aliphatic rings. The molecule has 5 heteroatoms. The molecule has 0 aliphatic carbocycles. The van der Waals surface area contributed by atoms with E-state index in [1.54, 1.807) is 0 Å². The topological polar surface area (TPSA) is 62.3 Å². The van der Waals surface area contributed by atoms with Gasteiger partial charge in [-0.05, 0) is 37.6 Å². The lowest BCUT2D eigenvalue weighted by molar-refractivity contribution is 0.171. The Morgan fingerprint density at radius 1 is 1.20 bits per heavy atom. The van der Waals surface area contributed by atoms with E-state index in [0.717, 1.165) is 28.5 Å². The first-order valence-electron chi connectivity index (χ1n) is 6.79. The molecule has 0 saturated heterocycles. The van der Waals surface area contributed by atoms with Crippen LogP contribution in [0.4, 0.5) is 0 Å². The van der Waals surface area contributed by atoms with E-state index in [9.17, 15) is 0 Å². The number of aromatic nitrogens is 2. The Hall–Kier alpha value is -2.01. The minimum Gasteiger partial charge on any atom is -0.486 e. The van der Waals surface area contributed by atoms with Crippen molar-refractivity contribution in [3.05, 3.63) is 41.2 Å². The van der Waals surface area contributed by atoms with Crippen molar-refractivity contribution in [2.24, 2.45) is 5.73 Å². The molecule has 2 heterocycles. The highest BCUT2D eigenvalue weighted by Gasteiger charge is 2.15. The SMILES string of the molecule is Cc1cc(C)n(CC(N)c2ccc3c(c2)OCCO3)n1. The summed E-state index contributed by atoms with van der Waals surface area (Å²) < 4.78 is 13.0. The van der Waals surface area contributed by atoms with Crippen LogP contribution in [0.25, 0.3) is 0 Å². The number of hydrogen-bond acceptors (Lipinski definition) is 4. The molecule has 2 aromatic rings. The fourth-order valence-electron chi connectivity index (χ4n) is 2.44. The maximum atomic E-state index is 6.28. The van der Waals surface area contributed by atoms with Crippen molar-refractivity contribution in [1.82, 2.24) is 9.78 Å². The van der Waals surface area contributed by atoms with Crippen molar-refractivity contribution in [3.8, 4) is 11.5 Å². The van der Waals surface area contributed by atoms with Crippen molar-refractivity contribution in [3.63, 3.8) is 0 Å². The quantitative estimate of drug-likeness (QED) is 0.928. The highest BCUT2D eigenvalue weighted by Crippen LogP contribution is 2.32. The number of rotatable bonds is 3. The maximum absolute atomic E-state index is 6.28. The van der Waals surface area contributed by atoms with Gasteiger partial charge in [0, 0.05) is 11.7 Å². The molecule has 1 atom stereocenters. The molecule has 0 saturated carbocycles. The summed E-state index contributed by atoms with van der Waals surface area (Å²) in [6, 6.07) is 7.81. The molecule has 20 heavy (non-hydrogen) atoms. The van der Waals surface area contributed by atoms with E-state index in [1.165, 1.54) is 0 Å². The summed E-state index contributed by atoms with van der Waals surface area (Å²) in [7, 11) is 0. The summed E-state index contributed by atoms with van der Waals surface area (Å²) in [6.07, 6.45) is 0. The number of nitrogens with zero attached hydrogens (tertiary/aromatic N) is 2. The molecule has 0 fully saturated rings. The normalized spacial score (nSPS) is 15.2. The number of aryl methyl sites for hydroxylation is 2. The van der Waals surface area contributed by atoms with Gasteiger partial charge in [-0.2, -0.15) is 5.10 Å². The fraction of sp³-hybridized carbons (Fsp3) is 0.400. The number of benzene rings is 1. The van der Waals surface area contributed by atoms with E-state index in [-0.39, 0.29) is 6.04 Å². The van der Waals surface area contributed by atoms with E-state index in [1.807, 2.05) is 36.7 Å². The van der Waals surface area contributed by atoms with Crippen LogP contribution in [0.5, 0.6) is 11.5 Å². The molecule has 0 amide bonds. The molecule has 0 radical (unpaired) electrons. The van der Waals surface area contributed by atoms with Crippen molar-refractivity contribution >= 4 is 0 Å². The van der Waals surface area contributed by atoms with Crippen LogP contribution < -0.4 is 15.2 Å². The van der Waals surface area contributed by atoms with Crippen molar-refractivity contribution in [1.29, 1.82) is 0 Å². The fourth-order valence-corrected chi connectivity index (χ4v) is 2.44. The van der Waals surface area contributed by atoms with E-state index in [2.05, 4.69) is 11.2 Å². The Morgan fingerprint density at radius 3 is 2.65 bits per heavy atom. The van der Waals surface area contributed by atoms with Gasteiger partial charge in [0.1, 0.15) is 13.2 Å². The van der Waals surface area contributed by atoms with Gasteiger partial charge in [0.15, 0.2) is 11.5 Å². The van der Waals surface area contributed by atoms with Gasteiger partial charge in [0.2, 0.25) is 0 Å². The molecule has 1 unspecified atom stereocenters. The third-order valence-corrected chi connectivity index (χ3v) is 3.47. The molecule has 3 rings (SSSR count). The Bertz CT molecular complexity index is 622. The lowest BCUT2D eigenvalue weighted by Crippen LogP contribution is -2.20. The average molecular weight is 273 g/mol. The van der Waals surface area contributed by atoms with Gasteiger partial charge in [-0.3, -0.25) is 4.68 Å². The molecule has 106 valence electrons. The van der Waals surface area contributed by atoms with Crippen molar-refractivity contribution in [2.75, 3.05) is 13.2 Å². The highest BCUT2D eigenvalue weighted by molar-refractivity contribution is 5.44. The van der Waals surface area contributed by atoms with Crippen LogP contribution in [0.1, 0.15) is 23.0 Å². The standard InChI is InChI=1S/C15H19N3O2/c1-10-7-11(2)18(17-10)9-13(16)12-3-4-14-15(8-12)20-6-5-19-14/h3-4,7-8,13H,5-6,9,16H2,1-2H3. The predicted molar refractivity (Wildman–Crippen MR) is 76.1 cm³/mol. The molecule has 0 bridgehead atoms. The zero-order valence-electron chi connectivity index (χ0n) is 11.8. The van der Waals surface area contributed by atoms with E-state index in [4.69, 9.17) is 15.2 Å². The van der Waals surface area contributed by atoms with Gasteiger partial charge in [-0.15, -0.1) is 0 Å². The monoisotopic (exact) mass is 273 g/mol. The number of fused-ring (bicyclic) bond motifs is 1. The number of hydrogen-bond donors (Lipinski definition) is 1. The first kappa shape index (κ1) is 13.0. The highest BCUT2D eigenvalue weighted by atomic mass is 16.6. The molecule has 0 spiro atoms. The third-order valence-electron chi connectivity index (χ3n) is 3.47. The molecule has 1 aromatic carbocycles. The minimum absolute atomic E-state index is 0.121. The first-order valence-corrected chi connectivity index (χ1v) is 6.79. The Morgan fingerprint density at radius 2 is 1.95 bits per heavy atom.